The Morgan fingerprint density at radius 1 is 1.44 bits per heavy atom. The number of aliphatic hydroxyl groups is 1. The van der Waals surface area contributed by atoms with Gasteiger partial charge in [-0.2, -0.15) is 11.8 Å². The Balaban J connectivity index is 2.61. The van der Waals surface area contributed by atoms with Crippen LogP contribution in [0.3, 0.4) is 0 Å². The molecule has 0 bridgehead atoms. The van der Waals surface area contributed by atoms with E-state index in [4.69, 9.17) is 9.84 Å². The van der Waals surface area contributed by atoms with Gasteiger partial charge in [-0.1, -0.05) is 24.6 Å². The minimum Gasteiger partial charge on any atom is -0.496 e. The third-order valence-electron chi connectivity index (χ3n) is 2.49. The Bertz CT molecular complexity index is 326. The molecule has 0 fully saturated rings. The topological polar surface area (TPSA) is 29.5 Å². The van der Waals surface area contributed by atoms with Crippen LogP contribution < -0.4 is 4.74 Å². The average Bonchev–Trinajstić information content (AvgIpc) is 2.27. The normalized spacial score (nSPS) is 12.5. The van der Waals surface area contributed by atoms with Gasteiger partial charge < -0.3 is 9.84 Å². The summed E-state index contributed by atoms with van der Waals surface area (Å²) >= 11 is 1.85. The third kappa shape index (κ3) is 4.06. The molecule has 0 saturated carbocycles. The van der Waals surface area contributed by atoms with Gasteiger partial charge in [0.2, 0.25) is 0 Å². The summed E-state index contributed by atoms with van der Waals surface area (Å²) in [4.78, 5) is 0. The maximum absolute atomic E-state index is 8.84. The van der Waals surface area contributed by atoms with Gasteiger partial charge in [0.05, 0.1) is 7.11 Å². The zero-order chi connectivity index (χ0) is 12.0. The van der Waals surface area contributed by atoms with Crippen LogP contribution in [0.15, 0.2) is 18.2 Å². The summed E-state index contributed by atoms with van der Waals surface area (Å²) in [7, 11) is 1.70. The van der Waals surface area contributed by atoms with Crippen molar-refractivity contribution >= 4 is 11.8 Å². The highest BCUT2D eigenvalue weighted by molar-refractivity contribution is 7.99. The van der Waals surface area contributed by atoms with E-state index >= 15 is 0 Å². The Morgan fingerprint density at radius 2 is 2.19 bits per heavy atom. The summed E-state index contributed by atoms with van der Waals surface area (Å²) in [6.07, 6.45) is 0.846. The van der Waals surface area contributed by atoms with Gasteiger partial charge in [0.15, 0.2) is 0 Å². The van der Waals surface area contributed by atoms with Crippen molar-refractivity contribution < 1.29 is 9.84 Å². The van der Waals surface area contributed by atoms with Crippen LogP contribution in [0.25, 0.3) is 0 Å². The van der Waals surface area contributed by atoms with E-state index in [0.29, 0.717) is 5.25 Å². The SMILES string of the molecule is COc1ccc(C)cc1CSC(C)CCO. The molecule has 0 saturated heterocycles. The second-order valence-corrected chi connectivity index (χ2v) is 5.38. The standard InChI is InChI=1S/C13H20O2S/c1-10-4-5-13(15-3)12(8-10)9-16-11(2)6-7-14/h4-5,8,11,14H,6-7,9H2,1-3H3. The van der Waals surface area contributed by atoms with Crippen molar-refractivity contribution in [3.8, 4) is 5.75 Å². The molecule has 0 aliphatic rings. The Hall–Kier alpha value is -0.670. The van der Waals surface area contributed by atoms with Crippen molar-refractivity contribution in [3.63, 3.8) is 0 Å². The molecule has 1 unspecified atom stereocenters. The minimum atomic E-state index is 0.263. The zero-order valence-corrected chi connectivity index (χ0v) is 11.0. The summed E-state index contributed by atoms with van der Waals surface area (Å²) in [6.45, 7) is 4.49. The quantitative estimate of drug-likeness (QED) is 0.829. The van der Waals surface area contributed by atoms with E-state index in [2.05, 4.69) is 26.0 Å². The van der Waals surface area contributed by atoms with Gasteiger partial charge in [0, 0.05) is 23.2 Å². The minimum absolute atomic E-state index is 0.263. The lowest BCUT2D eigenvalue weighted by molar-refractivity contribution is 0.289. The fourth-order valence-electron chi connectivity index (χ4n) is 1.52. The lowest BCUT2D eigenvalue weighted by atomic mass is 10.1. The lowest BCUT2D eigenvalue weighted by Crippen LogP contribution is -2.00. The molecule has 16 heavy (non-hydrogen) atoms. The van der Waals surface area contributed by atoms with Crippen LogP contribution in [0.5, 0.6) is 5.75 Å². The molecule has 1 aromatic carbocycles. The number of benzene rings is 1. The summed E-state index contributed by atoms with van der Waals surface area (Å²) in [5, 5.41) is 9.32. The Kier molecular flexibility index (Phi) is 5.71. The van der Waals surface area contributed by atoms with E-state index in [0.717, 1.165) is 17.9 Å². The molecule has 90 valence electrons. The van der Waals surface area contributed by atoms with E-state index < -0.39 is 0 Å². The fourth-order valence-corrected chi connectivity index (χ4v) is 2.48. The summed E-state index contributed by atoms with van der Waals surface area (Å²) < 4.78 is 5.33. The fraction of sp³-hybridized carbons (Fsp3) is 0.538. The first-order chi connectivity index (χ1) is 7.67. The molecule has 0 aliphatic heterocycles. The van der Waals surface area contributed by atoms with Crippen LogP contribution in [0.2, 0.25) is 0 Å². The molecular weight excluding hydrogens is 220 g/mol. The monoisotopic (exact) mass is 240 g/mol. The number of aliphatic hydroxyl groups excluding tert-OH is 1. The van der Waals surface area contributed by atoms with Gasteiger partial charge in [-0.15, -0.1) is 0 Å². The maximum atomic E-state index is 8.84. The first-order valence-electron chi connectivity index (χ1n) is 5.53. The predicted molar refractivity (Wildman–Crippen MR) is 70.2 cm³/mol. The average molecular weight is 240 g/mol. The van der Waals surface area contributed by atoms with E-state index in [9.17, 15) is 0 Å². The molecule has 0 spiro atoms. The number of aryl methyl sites for hydroxylation is 1. The summed E-state index contributed by atoms with van der Waals surface area (Å²) in [6, 6.07) is 6.24. The predicted octanol–water partition coefficient (Wildman–Crippen LogP) is 3.01. The lowest BCUT2D eigenvalue weighted by Gasteiger charge is -2.12. The molecular formula is C13H20O2S. The van der Waals surface area contributed by atoms with Gasteiger partial charge in [-0.3, -0.25) is 0 Å². The van der Waals surface area contributed by atoms with Crippen LogP contribution in [0, 0.1) is 6.92 Å². The number of methoxy groups -OCH3 is 1. The van der Waals surface area contributed by atoms with Crippen molar-refractivity contribution in [2.24, 2.45) is 0 Å². The highest BCUT2D eigenvalue weighted by atomic mass is 32.2. The third-order valence-corrected chi connectivity index (χ3v) is 3.78. The van der Waals surface area contributed by atoms with Crippen molar-refractivity contribution in [2.45, 2.75) is 31.3 Å². The largest absolute Gasteiger partial charge is 0.496 e. The molecule has 3 heteroatoms. The Morgan fingerprint density at radius 3 is 2.81 bits per heavy atom. The van der Waals surface area contributed by atoms with Gasteiger partial charge in [0.25, 0.3) is 0 Å². The number of rotatable bonds is 6. The molecule has 0 aromatic heterocycles. The number of hydrogen-bond acceptors (Lipinski definition) is 3. The second-order valence-electron chi connectivity index (χ2n) is 3.95. The summed E-state index contributed by atoms with van der Waals surface area (Å²) in [5.74, 6) is 1.89. The van der Waals surface area contributed by atoms with E-state index in [1.165, 1.54) is 11.1 Å². The number of ether oxygens (including phenoxy) is 1. The molecule has 1 N–H and O–H groups in total. The van der Waals surface area contributed by atoms with Crippen LogP contribution in [0.1, 0.15) is 24.5 Å². The van der Waals surface area contributed by atoms with Crippen LogP contribution in [-0.4, -0.2) is 24.1 Å². The molecule has 1 aromatic rings. The van der Waals surface area contributed by atoms with E-state index in [1.807, 2.05) is 17.8 Å². The zero-order valence-electron chi connectivity index (χ0n) is 10.2. The van der Waals surface area contributed by atoms with Crippen molar-refractivity contribution in [2.75, 3.05) is 13.7 Å². The van der Waals surface area contributed by atoms with Gasteiger partial charge >= 0.3 is 0 Å². The Labute approximate surface area is 102 Å². The number of thioether (sulfide) groups is 1. The highest BCUT2D eigenvalue weighted by Gasteiger charge is 2.06. The second kappa shape index (κ2) is 6.81. The molecule has 1 atom stereocenters. The van der Waals surface area contributed by atoms with Crippen molar-refractivity contribution in [1.82, 2.24) is 0 Å². The molecule has 0 radical (unpaired) electrons. The van der Waals surface area contributed by atoms with Crippen molar-refractivity contribution in [3.05, 3.63) is 29.3 Å². The smallest absolute Gasteiger partial charge is 0.122 e. The maximum Gasteiger partial charge on any atom is 0.122 e. The van der Waals surface area contributed by atoms with Crippen molar-refractivity contribution in [1.29, 1.82) is 0 Å². The molecule has 0 heterocycles. The van der Waals surface area contributed by atoms with Crippen LogP contribution in [0.4, 0.5) is 0 Å². The number of hydrogen-bond donors (Lipinski definition) is 1. The van der Waals surface area contributed by atoms with E-state index in [-0.39, 0.29) is 6.61 Å². The van der Waals surface area contributed by atoms with Gasteiger partial charge in [-0.05, 0) is 19.4 Å². The van der Waals surface area contributed by atoms with E-state index in [1.54, 1.807) is 7.11 Å². The highest BCUT2D eigenvalue weighted by Crippen LogP contribution is 2.27. The molecule has 1 rings (SSSR count). The molecule has 0 amide bonds. The van der Waals surface area contributed by atoms with Gasteiger partial charge in [-0.25, -0.2) is 0 Å². The van der Waals surface area contributed by atoms with Crippen LogP contribution in [-0.2, 0) is 5.75 Å². The summed E-state index contributed by atoms with van der Waals surface area (Å²) in [5.41, 5.74) is 2.49. The molecule has 2 nitrogen and oxygen atoms in total. The molecule has 0 aliphatic carbocycles. The first kappa shape index (κ1) is 13.4. The van der Waals surface area contributed by atoms with Gasteiger partial charge in [0.1, 0.15) is 5.75 Å². The van der Waals surface area contributed by atoms with Crippen LogP contribution >= 0.6 is 11.8 Å². The first-order valence-corrected chi connectivity index (χ1v) is 6.58.